The first-order valence-corrected chi connectivity index (χ1v) is 8.17. The minimum Gasteiger partial charge on any atom is -0.439 e. The topological polar surface area (TPSA) is 58.6 Å². The van der Waals surface area contributed by atoms with Crippen LogP contribution >= 0.6 is 11.6 Å². The Hall–Kier alpha value is -2.34. The van der Waals surface area contributed by atoms with Crippen LogP contribution in [0.25, 0.3) is 0 Å². The largest absolute Gasteiger partial charge is 0.439 e. The Kier molecular flexibility index (Phi) is 4.85. The van der Waals surface area contributed by atoms with Crippen molar-refractivity contribution in [3.8, 4) is 11.6 Å². The van der Waals surface area contributed by atoms with Gasteiger partial charge in [-0.1, -0.05) is 11.6 Å². The Morgan fingerprint density at radius 1 is 1.17 bits per heavy atom. The molecular weight excluding hydrogens is 328 g/mol. The zero-order valence-electron chi connectivity index (χ0n) is 13.7. The maximum absolute atomic E-state index is 11.4. The van der Waals surface area contributed by atoms with Gasteiger partial charge < -0.3 is 14.5 Å². The van der Waals surface area contributed by atoms with E-state index < -0.39 is 0 Å². The summed E-state index contributed by atoms with van der Waals surface area (Å²) in [5, 5.41) is 0.703. The minimum atomic E-state index is 0.111. The number of rotatable bonds is 3. The number of nitrogens with zero attached hydrogens (tertiary/aromatic N) is 4. The lowest BCUT2D eigenvalue weighted by Gasteiger charge is -2.34. The number of ether oxygens (including phenoxy) is 1. The molecule has 0 N–H and O–H groups in total. The van der Waals surface area contributed by atoms with E-state index >= 15 is 0 Å². The molecule has 24 heavy (non-hydrogen) atoms. The van der Waals surface area contributed by atoms with Gasteiger partial charge in [-0.2, -0.15) is 0 Å². The van der Waals surface area contributed by atoms with E-state index in [2.05, 4.69) is 14.9 Å². The Labute approximate surface area is 146 Å². The molecule has 1 fully saturated rings. The van der Waals surface area contributed by atoms with Crippen LogP contribution in [0.2, 0.25) is 5.02 Å². The van der Waals surface area contributed by atoms with Gasteiger partial charge in [0.05, 0.1) is 0 Å². The van der Waals surface area contributed by atoms with E-state index in [1.54, 1.807) is 13.0 Å². The predicted octanol–water partition coefficient (Wildman–Crippen LogP) is 2.90. The van der Waals surface area contributed by atoms with Gasteiger partial charge in [0, 0.05) is 44.2 Å². The summed E-state index contributed by atoms with van der Waals surface area (Å²) in [6, 6.07) is 7.29. The molecule has 2 aromatic rings. The van der Waals surface area contributed by atoms with Crippen molar-refractivity contribution in [1.82, 2.24) is 14.9 Å². The molecule has 1 aromatic heterocycles. The van der Waals surface area contributed by atoms with Gasteiger partial charge in [0.25, 0.3) is 0 Å². The number of halogens is 1. The van der Waals surface area contributed by atoms with Gasteiger partial charge in [-0.25, -0.2) is 9.97 Å². The van der Waals surface area contributed by atoms with E-state index in [1.165, 1.54) is 6.33 Å². The van der Waals surface area contributed by atoms with Crippen LogP contribution in [-0.2, 0) is 4.79 Å². The smallest absolute Gasteiger partial charge is 0.224 e. The first-order valence-electron chi connectivity index (χ1n) is 7.79. The second kappa shape index (κ2) is 7.05. The first-order chi connectivity index (χ1) is 11.5. The number of carbonyl (C=O) groups excluding carboxylic acids is 1. The molecule has 0 spiro atoms. The molecule has 2 heterocycles. The third-order valence-corrected chi connectivity index (χ3v) is 4.45. The lowest BCUT2D eigenvalue weighted by atomic mass is 10.2. The van der Waals surface area contributed by atoms with Crippen LogP contribution in [0.15, 0.2) is 30.6 Å². The summed E-state index contributed by atoms with van der Waals surface area (Å²) < 4.78 is 5.80. The summed E-state index contributed by atoms with van der Waals surface area (Å²) in [5.41, 5.74) is 0.948. The van der Waals surface area contributed by atoms with Gasteiger partial charge in [0.2, 0.25) is 11.8 Å². The van der Waals surface area contributed by atoms with Crippen molar-refractivity contribution in [2.75, 3.05) is 31.1 Å². The summed E-state index contributed by atoms with van der Waals surface area (Å²) in [4.78, 5) is 23.9. The molecule has 7 heteroatoms. The summed E-state index contributed by atoms with van der Waals surface area (Å²) in [6.45, 7) is 6.42. The Morgan fingerprint density at radius 2 is 1.92 bits per heavy atom. The van der Waals surface area contributed by atoms with E-state index in [9.17, 15) is 4.79 Å². The summed E-state index contributed by atoms with van der Waals surface area (Å²) >= 11 is 6.03. The van der Waals surface area contributed by atoms with Gasteiger partial charge >= 0.3 is 0 Å². The van der Waals surface area contributed by atoms with E-state index in [1.807, 2.05) is 30.0 Å². The molecule has 1 aliphatic heterocycles. The summed E-state index contributed by atoms with van der Waals surface area (Å²) in [6.07, 6.45) is 1.49. The van der Waals surface area contributed by atoms with Gasteiger partial charge in [0.1, 0.15) is 17.9 Å². The van der Waals surface area contributed by atoms with Crippen molar-refractivity contribution in [1.29, 1.82) is 0 Å². The molecule has 126 valence electrons. The van der Waals surface area contributed by atoms with Crippen LogP contribution < -0.4 is 9.64 Å². The van der Waals surface area contributed by atoms with Crippen molar-refractivity contribution >= 4 is 23.3 Å². The number of carbonyl (C=O) groups is 1. The number of aromatic nitrogens is 2. The van der Waals surface area contributed by atoms with Crippen molar-refractivity contribution in [2.45, 2.75) is 13.8 Å². The van der Waals surface area contributed by atoms with Crippen molar-refractivity contribution in [3.63, 3.8) is 0 Å². The molecule has 1 saturated heterocycles. The molecule has 1 aliphatic rings. The molecule has 0 aliphatic carbocycles. The van der Waals surface area contributed by atoms with Crippen LogP contribution in [0.4, 0.5) is 5.82 Å². The molecule has 1 amide bonds. The fourth-order valence-corrected chi connectivity index (χ4v) is 2.73. The highest BCUT2D eigenvalue weighted by molar-refractivity contribution is 6.31. The molecule has 0 radical (unpaired) electrons. The van der Waals surface area contributed by atoms with E-state index in [0.717, 1.165) is 24.5 Å². The van der Waals surface area contributed by atoms with Crippen LogP contribution in [0.1, 0.15) is 12.5 Å². The Morgan fingerprint density at radius 3 is 2.58 bits per heavy atom. The van der Waals surface area contributed by atoms with Crippen LogP contribution in [0.5, 0.6) is 11.6 Å². The average molecular weight is 347 g/mol. The normalized spacial score (nSPS) is 14.6. The first kappa shape index (κ1) is 16.5. The zero-order valence-corrected chi connectivity index (χ0v) is 14.5. The lowest BCUT2D eigenvalue weighted by molar-refractivity contribution is -0.129. The highest BCUT2D eigenvalue weighted by atomic mass is 35.5. The quantitative estimate of drug-likeness (QED) is 0.855. The van der Waals surface area contributed by atoms with Crippen molar-refractivity contribution < 1.29 is 9.53 Å². The number of anilines is 1. The predicted molar refractivity (Wildman–Crippen MR) is 92.8 cm³/mol. The SMILES string of the molecule is CC(=O)N1CCN(c2cc(Oc3ccc(Cl)c(C)c3)ncn2)CC1. The van der Waals surface area contributed by atoms with Gasteiger partial charge in [-0.05, 0) is 30.7 Å². The monoisotopic (exact) mass is 346 g/mol. The van der Waals surface area contributed by atoms with Crippen LogP contribution in [0.3, 0.4) is 0 Å². The van der Waals surface area contributed by atoms with Crippen molar-refractivity contribution in [2.24, 2.45) is 0 Å². The third kappa shape index (κ3) is 3.76. The average Bonchev–Trinajstić information content (AvgIpc) is 2.58. The Balaban J connectivity index is 1.70. The fourth-order valence-electron chi connectivity index (χ4n) is 2.61. The van der Waals surface area contributed by atoms with Crippen LogP contribution in [-0.4, -0.2) is 47.0 Å². The highest BCUT2D eigenvalue weighted by Gasteiger charge is 2.20. The molecule has 1 aromatic carbocycles. The number of benzene rings is 1. The minimum absolute atomic E-state index is 0.111. The number of hydrogen-bond acceptors (Lipinski definition) is 5. The maximum atomic E-state index is 11.4. The van der Waals surface area contributed by atoms with E-state index in [-0.39, 0.29) is 5.91 Å². The number of amides is 1. The van der Waals surface area contributed by atoms with Gasteiger partial charge in [0.15, 0.2) is 0 Å². The van der Waals surface area contributed by atoms with Gasteiger partial charge in [-0.3, -0.25) is 4.79 Å². The molecular formula is C17H19ClN4O2. The summed E-state index contributed by atoms with van der Waals surface area (Å²) in [5.74, 6) is 2.08. The second-order valence-corrected chi connectivity index (χ2v) is 6.13. The van der Waals surface area contributed by atoms with Crippen molar-refractivity contribution in [3.05, 3.63) is 41.2 Å². The maximum Gasteiger partial charge on any atom is 0.224 e. The third-order valence-electron chi connectivity index (χ3n) is 4.03. The lowest BCUT2D eigenvalue weighted by Crippen LogP contribution is -2.48. The van der Waals surface area contributed by atoms with E-state index in [4.69, 9.17) is 16.3 Å². The molecule has 0 bridgehead atoms. The Bertz CT molecular complexity index is 745. The second-order valence-electron chi connectivity index (χ2n) is 5.72. The molecule has 6 nitrogen and oxygen atoms in total. The summed E-state index contributed by atoms with van der Waals surface area (Å²) in [7, 11) is 0. The zero-order chi connectivity index (χ0) is 17.1. The number of piperazine rings is 1. The van der Waals surface area contributed by atoms with Crippen LogP contribution in [0, 0.1) is 6.92 Å². The molecule has 0 saturated carbocycles. The number of hydrogen-bond donors (Lipinski definition) is 0. The molecule has 0 unspecified atom stereocenters. The van der Waals surface area contributed by atoms with E-state index in [0.29, 0.717) is 29.7 Å². The highest BCUT2D eigenvalue weighted by Crippen LogP contribution is 2.26. The molecule has 3 rings (SSSR count). The van der Waals surface area contributed by atoms with Gasteiger partial charge in [-0.15, -0.1) is 0 Å². The molecule has 0 atom stereocenters. The fraction of sp³-hybridized carbons (Fsp3) is 0.353. The standard InChI is InChI=1S/C17H19ClN4O2/c1-12-9-14(3-4-15(12)18)24-17-10-16(19-11-20-17)22-7-5-21(6-8-22)13(2)23/h3-4,9-11H,5-8H2,1-2H3. The number of aryl methyl sites for hydroxylation is 1.